The Bertz CT molecular complexity index is 1350. The Kier molecular flexibility index (Phi) is 4.10. The normalized spacial score (nSPS) is 11.3. The molecule has 0 saturated heterocycles. The first-order chi connectivity index (χ1) is 14.2. The van der Waals surface area contributed by atoms with Gasteiger partial charge in [0.2, 0.25) is 0 Å². The molecule has 29 heavy (non-hydrogen) atoms. The predicted octanol–water partition coefficient (Wildman–Crippen LogP) is 3.82. The maximum atomic E-state index is 8.86. The summed E-state index contributed by atoms with van der Waals surface area (Å²) in [6, 6.07) is 18.8. The van der Waals surface area contributed by atoms with Gasteiger partial charge >= 0.3 is 0 Å². The summed E-state index contributed by atoms with van der Waals surface area (Å²) in [5.41, 5.74) is 6.12. The number of hydrogen-bond donors (Lipinski definition) is 0. The van der Waals surface area contributed by atoms with Gasteiger partial charge in [0.05, 0.1) is 35.5 Å². The maximum Gasteiger partial charge on any atom is 0.161 e. The van der Waals surface area contributed by atoms with E-state index in [9.17, 15) is 0 Å². The Morgan fingerprint density at radius 2 is 1.90 bits per heavy atom. The van der Waals surface area contributed by atoms with E-state index in [-0.39, 0.29) is 0 Å². The number of nitriles is 1. The number of aryl methyl sites for hydroxylation is 2. The highest BCUT2D eigenvalue weighted by molar-refractivity contribution is 5.86. The average Bonchev–Trinajstić information content (AvgIpc) is 3.45. The van der Waals surface area contributed by atoms with Crippen molar-refractivity contribution in [2.24, 2.45) is 0 Å². The average molecular weight is 381 g/mol. The first kappa shape index (κ1) is 17.2. The molecule has 4 aromatic heterocycles. The Labute approximate surface area is 167 Å². The van der Waals surface area contributed by atoms with E-state index in [0.717, 1.165) is 40.4 Å². The second-order valence-electron chi connectivity index (χ2n) is 7.05. The lowest BCUT2D eigenvalue weighted by Crippen LogP contribution is -2.02. The molecule has 0 bridgehead atoms. The topological polar surface area (TPSA) is 76.7 Å². The molecule has 0 saturated carbocycles. The van der Waals surface area contributed by atoms with Crippen LogP contribution in [0.1, 0.15) is 17.8 Å². The molecule has 1 aromatic carbocycles. The van der Waals surface area contributed by atoms with E-state index in [4.69, 9.17) is 5.26 Å². The van der Waals surface area contributed by atoms with Gasteiger partial charge in [-0.2, -0.15) is 5.26 Å². The van der Waals surface area contributed by atoms with Crippen molar-refractivity contribution >= 4 is 16.7 Å². The van der Waals surface area contributed by atoms with E-state index in [1.807, 2.05) is 29.8 Å². The van der Waals surface area contributed by atoms with Crippen LogP contribution in [0.3, 0.4) is 0 Å². The van der Waals surface area contributed by atoms with Gasteiger partial charge < -0.3 is 9.13 Å². The van der Waals surface area contributed by atoms with Gasteiger partial charge in [-0.15, -0.1) is 10.2 Å². The fourth-order valence-corrected chi connectivity index (χ4v) is 3.78. The lowest BCUT2D eigenvalue weighted by atomic mass is 10.2. The van der Waals surface area contributed by atoms with Crippen LogP contribution in [0.15, 0.2) is 61.1 Å². The number of pyridine rings is 1. The van der Waals surface area contributed by atoms with Crippen LogP contribution in [0.5, 0.6) is 0 Å². The van der Waals surface area contributed by atoms with Crippen molar-refractivity contribution in [3.8, 4) is 17.5 Å². The highest BCUT2D eigenvalue weighted by atomic mass is 15.2. The molecular weight excluding hydrogens is 362 g/mol. The van der Waals surface area contributed by atoms with Crippen LogP contribution >= 0.6 is 0 Å². The summed E-state index contributed by atoms with van der Waals surface area (Å²) in [6.45, 7) is 3.33. The van der Waals surface area contributed by atoms with Crippen LogP contribution in [-0.2, 0) is 13.1 Å². The molecule has 4 heterocycles. The fourth-order valence-electron chi connectivity index (χ4n) is 3.78. The van der Waals surface area contributed by atoms with Gasteiger partial charge in [0.15, 0.2) is 5.65 Å². The largest absolute Gasteiger partial charge is 0.336 e. The molecule has 0 fully saturated rings. The minimum Gasteiger partial charge on any atom is -0.336 e. The number of rotatable bonds is 5. The minimum absolute atomic E-state index is 0.462. The van der Waals surface area contributed by atoms with E-state index in [2.05, 4.69) is 66.6 Å². The van der Waals surface area contributed by atoms with Crippen LogP contribution in [0.2, 0.25) is 0 Å². The minimum atomic E-state index is 0.462. The lowest BCUT2D eigenvalue weighted by Gasteiger charge is -2.10. The van der Waals surface area contributed by atoms with Gasteiger partial charge in [0.1, 0.15) is 11.5 Å². The summed E-state index contributed by atoms with van der Waals surface area (Å²) < 4.78 is 6.32. The molecule has 0 aliphatic carbocycles. The van der Waals surface area contributed by atoms with Gasteiger partial charge in [0.25, 0.3) is 0 Å². The smallest absolute Gasteiger partial charge is 0.161 e. The van der Waals surface area contributed by atoms with Gasteiger partial charge in [0, 0.05) is 19.3 Å². The molecule has 7 nitrogen and oxygen atoms in total. The second kappa shape index (κ2) is 6.91. The number of aromatic nitrogens is 6. The Morgan fingerprint density at radius 3 is 2.72 bits per heavy atom. The molecule has 7 heteroatoms. The zero-order valence-electron chi connectivity index (χ0n) is 16.0. The maximum absolute atomic E-state index is 8.86. The standard InChI is InChI=1S/C22H19N7/c1-16-25-26-22-9-8-19-21(29(16)22)12-20(18-14-27(15-24-18)11-5-10-23)28(19)13-17-6-3-2-4-7-17/h2-4,6-9,12,14-15H,5,11,13H2,1H3. The molecule has 142 valence electrons. The highest BCUT2D eigenvalue weighted by Crippen LogP contribution is 2.29. The molecule has 0 radical (unpaired) electrons. The third kappa shape index (κ3) is 2.95. The van der Waals surface area contributed by atoms with Crippen molar-refractivity contribution in [3.63, 3.8) is 0 Å². The molecular formula is C22H19N7. The monoisotopic (exact) mass is 381 g/mol. The van der Waals surface area contributed by atoms with E-state index >= 15 is 0 Å². The molecule has 0 unspecified atom stereocenters. The zero-order valence-corrected chi connectivity index (χ0v) is 16.0. The Hall–Kier alpha value is -3.92. The van der Waals surface area contributed by atoms with Crippen molar-refractivity contribution in [1.29, 1.82) is 5.26 Å². The third-order valence-electron chi connectivity index (χ3n) is 5.16. The van der Waals surface area contributed by atoms with Gasteiger partial charge in [-0.1, -0.05) is 30.3 Å². The van der Waals surface area contributed by atoms with Crippen LogP contribution in [0.4, 0.5) is 0 Å². The number of benzene rings is 1. The Balaban J connectivity index is 1.71. The molecule has 5 aromatic rings. The quantitative estimate of drug-likeness (QED) is 0.464. The number of imidazole rings is 1. The highest BCUT2D eigenvalue weighted by Gasteiger charge is 2.17. The molecule has 0 aliphatic heterocycles. The molecule has 0 aliphatic rings. The summed E-state index contributed by atoms with van der Waals surface area (Å²) in [5, 5.41) is 17.3. The van der Waals surface area contributed by atoms with E-state index in [1.165, 1.54) is 5.56 Å². The summed E-state index contributed by atoms with van der Waals surface area (Å²) >= 11 is 0. The number of fused-ring (bicyclic) bond motifs is 3. The summed E-state index contributed by atoms with van der Waals surface area (Å²) in [6.07, 6.45) is 4.25. The summed E-state index contributed by atoms with van der Waals surface area (Å²) in [5.74, 6) is 0.855. The lowest BCUT2D eigenvalue weighted by molar-refractivity contribution is 0.714. The first-order valence-electron chi connectivity index (χ1n) is 9.51. The van der Waals surface area contributed by atoms with E-state index in [0.29, 0.717) is 13.0 Å². The Morgan fingerprint density at radius 1 is 1.03 bits per heavy atom. The van der Waals surface area contributed by atoms with Crippen LogP contribution in [0.25, 0.3) is 28.1 Å². The van der Waals surface area contributed by atoms with Gasteiger partial charge in [-0.3, -0.25) is 4.40 Å². The van der Waals surface area contributed by atoms with Gasteiger partial charge in [-0.05, 0) is 30.7 Å². The van der Waals surface area contributed by atoms with Gasteiger partial charge in [-0.25, -0.2) is 4.98 Å². The third-order valence-corrected chi connectivity index (χ3v) is 5.16. The molecule has 0 atom stereocenters. The van der Waals surface area contributed by atoms with Crippen molar-refractivity contribution in [1.82, 2.24) is 28.7 Å². The SMILES string of the molecule is Cc1nnc2ccc3c(cc(-c4cn(CCC#N)cn4)n3Cc3ccccc3)n12. The number of hydrogen-bond acceptors (Lipinski definition) is 4. The first-order valence-corrected chi connectivity index (χ1v) is 9.51. The van der Waals surface area contributed by atoms with Crippen LogP contribution in [-0.4, -0.2) is 28.7 Å². The molecule has 0 amide bonds. The predicted molar refractivity (Wildman–Crippen MR) is 110 cm³/mol. The summed E-state index contributed by atoms with van der Waals surface area (Å²) in [4.78, 5) is 4.62. The molecule has 5 rings (SSSR count). The van der Waals surface area contributed by atoms with Crippen molar-refractivity contribution in [2.75, 3.05) is 0 Å². The van der Waals surface area contributed by atoms with Crippen LogP contribution in [0, 0.1) is 18.3 Å². The van der Waals surface area contributed by atoms with E-state index in [1.54, 1.807) is 6.33 Å². The second-order valence-corrected chi connectivity index (χ2v) is 7.05. The summed E-state index contributed by atoms with van der Waals surface area (Å²) in [7, 11) is 0. The van der Waals surface area contributed by atoms with Crippen molar-refractivity contribution in [2.45, 2.75) is 26.4 Å². The van der Waals surface area contributed by atoms with E-state index < -0.39 is 0 Å². The zero-order chi connectivity index (χ0) is 19.8. The molecule has 0 N–H and O–H groups in total. The molecule has 0 spiro atoms. The van der Waals surface area contributed by atoms with Crippen molar-refractivity contribution < 1.29 is 0 Å². The van der Waals surface area contributed by atoms with Crippen molar-refractivity contribution in [3.05, 3.63) is 72.4 Å². The van der Waals surface area contributed by atoms with Crippen LogP contribution < -0.4 is 0 Å². The number of nitrogens with zero attached hydrogens (tertiary/aromatic N) is 7. The fraction of sp³-hybridized carbons (Fsp3) is 0.182.